The molecule has 2 aliphatic rings. The number of nitrogens with one attached hydrogen (secondary N) is 1. The number of nitrogens with zero attached hydrogens (tertiary/aromatic N) is 3. The highest BCUT2D eigenvalue weighted by Crippen LogP contribution is 2.21. The molecular formula is C22H37IN4O. The molecule has 0 aliphatic carbocycles. The molecule has 1 aromatic carbocycles. The first-order valence-electron chi connectivity index (χ1n) is 10.7. The van der Waals surface area contributed by atoms with Gasteiger partial charge in [0.05, 0.1) is 13.2 Å². The largest absolute Gasteiger partial charge is 0.379 e. The molecule has 6 heteroatoms. The number of rotatable bonds is 8. The monoisotopic (exact) mass is 500 g/mol. The molecule has 28 heavy (non-hydrogen) atoms. The van der Waals surface area contributed by atoms with Crippen LogP contribution in [-0.4, -0.2) is 74.8 Å². The second kappa shape index (κ2) is 13.4. The SMILES string of the molecule is CCNC(=NCCCCN1CCOCC1)N1CCC(Cc2ccccc2)C1.I. The Morgan fingerprint density at radius 1 is 1.14 bits per heavy atom. The zero-order chi connectivity index (χ0) is 18.7. The van der Waals surface area contributed by atoms with Gasteiger partial charge in [0.1, 0.15) is 0 Å². The Kier molecular flexibility index (Phi) is 11.2. The lowest BCUT2D eigenvalue weighted by Crippen LogP contribution is -2.40. The van der Waals surface area contributed by atoms with Crippen LogP contribution in [0.5, 0.6) is 0 Å². The number of unbranched alkanes of at least 4 members (excludes halogenated alkanes) is 1. The predicted molar refractivity (Wildman–Crippen MR) is 128 cm³/mol. The quantitative estimate of drug-likeness (QED) is 0.258. The van der Waals surface area contributed by atoms with Crippen LogP contribution in [-0.2, 0) is 11.2 Å². The number of guanidine groups is 1. The fourth-order valence-electron chi connectivity index (χ4n) is 4.02. The maximum atomic E-state index is 5.41. The van der Waals surface area contributed by atoms with E-state index in [1.54, 1.807) is 0 Å². The molecule has 0 bridgehead atoms. The summed E-state index contributed by atoms with van der Waals surface area (Å²) in [5.74, 6) is 1.84. The Hall–Kier alpha value is -0.860. The molecule has 5 nitrogen and oxygen atoms in total. The van der Waals surface area contributed by atoms with Crippen LogP contribution in [0, 0.1) is 5.92 Å². The fourth-order valence-corrected chi connectivity index (χ4v) is 4.02. The summed E-state index contributed by atoms with van der Waals surface area (Å²) < 4.78 is 5.41. The van der Waals surface area contributed by atoms with Gasteiger partial charge in [0, 0.05) is 39.3 Å². The van der Waals surface area contributed by atoms with Crippen LogP contribution in [0.15, 0.2) is 35.3 Å². The van der Waals surface area contributed by atoms with Crippen molar-refractivity contribution in [2.75, 3.05) is 59.0 Å². The van der Waals surface area contributed by atoms with E-state index in [1.807, 2.05) is 0 Å². The molecule has 1 N–H and O–H groups in total. The van der Waals surface area contributed by atoms with E-state index in [0.717, 1.165) is 70.8 Å². The van der Waals surface area contributed by atoms with Crippen LogP contribution < -0.4 is 5.32 Å². The van der Waals surface area contributed by atoms with Gasteiger partial charge >= 0.3 is 0 Å². The summed E-state index contributed by atoms with van der Waals surface area (Å²) in [5, 5.41) is 3.50. The van der Waals surface area contributed by atoms with Crippen molar-refractivity contribution in [2.45, 2.75) is 32.6 Å². The Morgan fingerprint density at radius 2 is 1.93 bits per heavy atom. The van der Waals surface area contributed by atoms with Crippen LogP contribution in [0.3, 0.4) is 0 Å². The first-order valence-corrected chi connectivity index (χ1v) is 10.7. The zero-order valence-electron chi connectivity index (χ0n) is 17.3. The summed E-state index contributed by atoms with van der Waals surface area (Å²) in [6, 6.07) is 10.9. The molecule has 2 aliphatic heterocycles. The molecule has 158 valence electrons. The maximum absolute atomic E-state index is 5.41. The van der Waals surface area contributed by atoms with Gasteiger partial charge in [-0.25, -0.2) is 0 Å². The number of morpholine rings is 1. The Balaban J connectivity index is 0.00000280. The van der Waals surface area contributed by atoms with Crippen molar-refractivity contribution < 1.29 is 4.74 Å². The van der Waals surface area contributed by atoms with E-state index in [2.05, 4.69) is 52.4 Å². The predicted octanol–water partition coefficient (Wildman–Crippen LogP) is 3.25. The van der Waals surface area contributed by atoms with Crippen molar-refractivity contribution in [2.24, 2.45) is 10.9 Å². The van der Waals surface area contributed by atoms with Crippen LogP contribution >= 0.6 is 24.0 Å². The molecular weight excluding hydrogens is 463 g/mol. The lowest BCUT2D eigenvalue weighted by molar-refractivity contribution is 0.0373. The molecule has 2 saturated heterocycles. The smallest absolute Gasteiger partial charge is 0.193 e. The summed E-state index contributed by atoms with van der Waals surface area (Å²) in [4.78, 5) is 9.87. The Morgan fingerprint density at radius 3 is 2.68 bits per heavy atom. The second-order valence-corrected chi connectivity index (χ2v) is 7.69. The topological polar surface area (TPSA) is 40.1 Å². The number of hydrogen-bond acceptors (Lipinski definition) is 3. The minimum atomic E-state index is 0. The van der Waals surface area contributed by atoms with Gasteiger partial charge in [-0.1, -0.05) is 30.3 Å². The van der Waals surface area contributed by atoms with Gasteiger partial charge in [0.25, 0.3) is 0 Å². The molecule has 0 radical (unpaired) electrons. The third kappa shape index (κ3) is 7.87. The van der Waals surface area contributed by atoms with Gasteiger partial charge in [0.2, 0.25) is 0 Å². The number of hydrogen-bond donors (Lipinski definition) is 1. The number of aliphatic imine (C=N–C) groups is 1. The number of likely N-dealkylation sites (tertiary alicyclic amines) is 1. The van der Waals surface area contributed by atoms with E-state index in [9.17, 15) is 0 Å². The van der Waals surface area contributed by atoms with Crippen molar-refractivity contribution in [3.8, 4) is 0 Å². The number of ether oxygens (including phenoxy) is 1. The minimum Gasteiger partial charge on any atom is -0.379 e. The molecule has 0 amide bonds. The summed E-state index contributed by atoms with van der Waals surface area (Å²) in [6.45, 7) is 11.4. The Labute approximate surface area is 187 Å². The zero-order valence-corrected chi connectivity index (χ0v) is 19.6. The third-order valence-corrected chi connectivity index (χ3v) is 5.54. The highest BCUT2D eigenvalue weighted by atomic mass is 127. The Bertz CT molecular complexity index is 563. The van der Waals surface area contributed by atoms with Crippen molar-refractivity contribution in [1.82, 2.24) is 15.1 Å². The second-order valence-electron chi connectivity index (χ2n) is 7.69. The highest BCUT2D eigenvalue weighted by molar-refractivity contribution is 14.0. The molecule has 0 aromatic heterocycles. The number of benzene rings is 1. The van der Waals surface area contributed by atoms with Crippen LogP contribution in [0.2, 0.25) is 0 Å². The summed E-state index contributed by atoms with van der Waals surface area (Å²) in [5.41, 5.74) is 1.45. The van der Waals surface area contributed by atoms with Crippen LogP contribution in [0.1, 0.15) is 31.7 Å². The average Bonchev–Trinajstić information content (AvgIpc) is 3.17. The average molecular weight is 500 g/mol. The summed E-state index contributed by atoms with van der Waals surface area (Å²) in [6.07, 6.45) is 4.82. The lowest BCUT2D eigenvalue weighted by Gasteiger charge is -2.26. The molecule has 0 spiro atoms. The fraction of sp³-hybridized carbons (Fsp3) is 0.682. The van der Waals surface area contributed by atoms with Gasteiger partial charge < -0.3 is 15.0 Å². The van der Waals surface area contributed by atoms with E-state index in [4.69, 9.17) is 9.73 Å². The maximum Gasteiger partial charge on any atom is 0.193 e. The molecule has 1 atom stereocenters. The van der Waals surface area contributed by atoms with Crippen molar-refractivity contribution in [3.05, 3.63) is 35.9 Å². The molecule has 1 unspecified atom stereocenters. The van der Waals surface area contributed by atoms with Crippen molar-refractivity contribution >= 4 is 29.9 Å². The minimum absolute atomic E-state index is 0. The van der Waals surface area contributed by atoms with Crippen molar-refractivity contribution in [3.63, 3.8) is 0 Å². The van der Waals surface area contributed by atoms with E-state index in [1.165, 1.54) is 31.4 Å². The molecule has 0 saturated carbocycles. The first kappa shape index (κ1) is 23.4. The standard InChI is InChI=1S/C22H36N4O.HI/c1-2-23-22(24-11-6-7-12-25-14-16-27-17-15-25)26-13-10-21(19-26)18-20-8-4-3-5-9-20;/h3-5,8-9,21H,2,6-7,10-19H2,1H3,(H,23,24);1H. The van der Waals surface area contributed by atoms with Crippen LogP contribution in [0.4, 0.5) is 0 Å². The molecule has 3 rings (SSSR count). The molecule has 1 aromatic rings. The van der Waals surface area contributed by atoms with Gasteiger partial charge in [-0.15, -0.1) is 24.0 Å². The van der Waals surface area contributed by atoms with Gasteiger partial charge in [0.15, 0.2) is 5.96 Å². The molecule has 2 heterocycles. The lowest BCUT2D eigenvalue weighted by atomic mass is 9.99. The van der Waals surface area contributed by atoms with Gasteiger partial charge in [-0.05, 0) is 50.6 Å². The third-order valence-electron chi connectivity index (χ3n) is 5.54. The molecule has 2 fully saturated rings. The van der Waals surface area contributed by atoms with Crippen molar-refractivity contribution in [1.29, 1.82) is 0 Å². The van der Waals surface area contributed by atoms with Crippen LogP contribution in [0.25, 0.3) is 0 Å². The van der Waals surface area contributed by atoms with Gasteiger partial charge in [-0.3, -0.25) is 9.89 Å². The summed E-state index contributed by atoms with van der Waals surface area (Å²) >= 11 is 0. The number of halogens is 1. The first-order chi connectivity index (χ1) is 13.3. The van der Waals surface area contributed by atoms with E-state index >= 15 is 0 Å². The van der Waals surface area contributed by atoms with Gasteiger partial charge in [-0.2, -0.15) is 0 Å². The van der Waals surface area contributed by atoms with E-state index < -0.39 is 0 Å². The summed E-state index contributed by atoms with van der Waals surface area (Å²) in [7, 11) is 0. The highest BCUT2D eigenvalue weighted by Gasteiger charge is 2.24. The van der Waals surface area contributed by atoms with E-state index in [0.29, 0.717) is 0 Å². The normalized spacial score (nSPS) is 20.8. The van der Waals surface area contributed by atoms with E-state index in [-0.39, 0.29) is 24.0 Å².